The van der Waals surface area contributed by atoms with E-state index in [4.69, 9.17) is 0 Å². The Kier molecular flexibility index (Phi) is 39.2. The summed E-state index contributed by atoms with van der Waals surface area (Å²) < 4.78 is 0. The van der Waals surface area contributed by atoms with E-state index in [0.29, 0.717) is 0 Å². The van der Waals surface area contributed by atoms with Crippen molar-refractivity contribution in [1.29, 1.82) is 0 Å². The van der Waals surface area contributed by atoms with Crippen LogP contribution in [0.3, 0.4) is 0 Å². The van der Waals surface area contributed by atoms with Crippen molar-refractivity contribution in [3.63, 3.8) is 0 Å². The quantitative estimate of drug-likeness (QED) is 0.465. The summed E-state index contributed by atoms with van der Waals surface area (Å²) in [7, 11) is 0. The number of rotatable bonds is 0. The first-order valence-corrected chi connectivity index (χ1v) is 3.71. The predicted molar refractivity (Wildman–Crippen MR) is 67.7 cm³/mol. The van der Waals surface area contributed by atoms with Gasteiger partial charge in [-0.3, -0.25) is 0 Å². The zero-order valence-electron chi connectivity index (χ0n) is 9.57. The standard InChI is InChI=1S/2C5H11.CH4.BH4.2Y/c2*1-5(2,3)4;;;;/h2*1H2,2-4H3;2*1H4;;/q2*-1;;-1;;. The molecule has 0 N–H and O–H groups in total. The Labute approximate surface area is 145 Å². The fourth-order valence-corrected chi connectivity index (χ4v) is 0. The van der Waals surface area contributed by atoms with Crippen molar-refractivity contribution in [3.8, 4) is 0 Å². The molecule has 0 rings (SSSR count). The third kappa shape index (κ3) is 487. The van der Waals surface area contributed by atoms with Crippen LogP contribution >= 0.6 is 0 Å². The van der Waals surface area contributed by atoms with Crippen LogP contribution in [0.4, 0.5) is 0 Å². The molecular formula is C11H30BY2-3. The topological polar surface area (TPSA) is 0 Å². The van der Waals surface area contributed by atoms with Gasteiger partial charge in [-0.15, -0.1) is 0 Å². The average molecular weight is 351 g/mol. The fraction of sp³-hybridized carbons (Fsp3) is 0.818. The second-order valence-corrected chi connectivity index (χ2v) is 5.12. The van der Waals surface area contributed by atoms with E-state index in [2.05, 4.69) is 55.4 Å². The molecule has 0 unspecified atom stereocenters. The van der Waals surface area contributed by atoms with Crippen LogP contribution in [0.5, 0.6) is 0 Å². The smallest absolute Gasteiger partial charge is 0 e. The maximum Gasteiger partial charge on any atom is 0 e. The van der Waals surface area contributed by atoms with Gasteiger partial charge >= 0.3 is 0 Å². The van der Waals surface area contributed by atoms with Crippen LogP contribution < -0.4 is 0 Å². The van der Waals surface area contributed by atoms with Crippen molar-refractivity contribution < 1.29 is 65.4 Å². The summed E-state index contributed by atoms with van der Waals surface area (Å²) >= 11 is 0. The summed E-state index contributed by atoms with van der Waals surface area (Å²) in [4.78, 5) is 0. The van der Waals surface area contributed by atoms with Gasteiger partial charge in [0, 0.05) is 65.4 Å². The normalized spacial score (nSPS) is 8.57. The van der Waals surface area contributed by atoms with E-state index in [-0.39, 0.29) is 92.1 Å². The summed E-state index contributed by atoms with van der Waals surface area (Å²) in [6.07, 6.45) is 0. The molecule has 0 aliphatic heterocycles. The Morgan fingerprint density at radius 3 is 0.643 bits per heavy atom. The fourth-order valence-electron chi connectivity index (χ4n) is 0. The van der Waals surface area contributed by atoms with Gasteiger partial charge in [0.05, 0.1) is 0 Å². The maximum atomic E-state index is 3.77. The molecule has 3 heteroatoms. The molecule has 0 saturated heterocycles. The van der Waals surface area contributed by atoms with Crippen LogP contribution in [0.2, 0.25) is 0 Å². The van der Waals surface area contributed by atoms with Crippen LogP contribution in [0.25, 0.3) is 0 Å². The van der Waals surface area contributed by atoms with Crippen molar-refractivity contribution in [1.82, 2.24) is 0 Å². The molecule has 0 aromatic rings. The number of hydrogen-bond donors (Lipinski definition) is 0. The third-order valence-electron chi connectivity index (χ3n) is 0. The SMILES string of the molecule is C.[BH4-].[CH2-]C(C)(C)C.[CH2-]C(C)(C)C.[Y].[Y]. The first-order chi connectivity index (χ1) is 4.00. The van der Waals surface area contributed by atoms with Crippen molar-refractivity contribution in [2.24, 2.45) is 10.8 Å². The second-order valence-electron chi connectivity index (χ2n) is 5.12. The Balaban J connectivity index is -0.0000000178. The molecule has 0 spiro atoms. The zero-order valence-corrected chi connectivity index (χ0v) is 15.2. The molecule has 0 fully saturated rings. The molecule has 0 aromatic carbocycles. The van der Waals surface area contributed by atoms with E-state index in [1.165, 1.54) is 0 Å². The summed E-state index contributed by atoms with van der Waals surface area (Å²) in [5.74, 6) is 0. The molecule has 0 aliphatic carbocycles. The molecule has 0 heterocycles. The minimum absolute atomic E-state index is 0. The Hall–Kier alpha value is 2.27. The molecule has 0 bridgehead atoms. The van der Waals surface area contributed by atoms with E-state index in [9.17, 15) is 0 Å². The molecule has 0 amide bonds. The molecule has 0 atom stereocenters. The molecule has 14 heavy (non-hydrogen) atoms. The van der Waals surface area contributed by atoms with Crippen LogP contribution in [-0.4, -0.2) is 8.41 Å². The molecule has 0 saturated carbocycles. The minimum Gasteiger partial charge on any atom is -0.338 e. The second kappa shape index (κ2) is 15.3. The van der Waals surface area contributed by atoms with Crippen LogP contribution in [0.1, 0.15) is 49.0 Å². The Morgan fingerprint density at radius 2 is 0.643 bits per heavy atom. The van der Waals surface area contributed by atoms with E-state index >= 15 is 0 Å². The van der Waals surface area contributed by atoms with Crippen molar-refractivity contribution in [2.45, 2.75) is 49.0 Å². The zero-order chi connectivity index (χ0) is 9.00. The van der Waals surface area contributed by atoms with E-state index in [0.717, 1.165) is 0 Å². The van der Waals surface area contributed by atoms with Crippen LogP contribution in [0, 0.1) is 24.7 Å². The van der Waals surface area contributed by atoms with Gasteiger partial charge in [0.15, 0.2) is 0 Å². The molecular weight excluding hydrogens is 321 g/mol. The van der Waals surface area contributed by atoms with Crippen molar-refractivity contribution in [3.05, 3.63) is 13.8 Å². The average Bonchev–Trinajstić information content (AvgIpc) is 1.12. The maximum absolute atomic E-state index is 3.77. The Bertz CT molecular complexity index is 56.3. The van der Waals surface area contributed by atoms with Gasteiger partial charge in [0.1, 0.15) is 0 Å². The first-order valence-electron chi connectivity index (χ1n) is 3.71. The monoisotopic (exact) mass is 351 g/mol. The van der Waals surface area contributed by atoms with Gasteiger partial charge in [-0.05, 0) is 0 Å². The van der Waals surface area contributed by atoms with Crippen LogP contribution in [0.15, 0.2) is 0 Å². The van der Waals surface area contributed by atoms with E-state index in [1.807, 2.05) is 0 Å². The molecule has 0 aromatic heterocycles. The van der Waals surface area contributed by atoms with Crippen molar-refractivity contribution >= 4 is 8.41 Å². The largest absolute Gasteiger partial charge is 0.338 e. The molecule has 86 valence electrons. The van der Waals surface area contributed by atoms with E-state index < -0.39 is 0 Å². The first kappa shape index (κ1) is 36.0. The minimum atomic E-state index is 0. The summed E-state index contributed by atoms with van der Waals surface area (Å²) in [6.45, 7) is 20.0. The summed E-state index contributed by atoms with van der Waals surface area (Å²) in [6, 6.07) is 0. The van der Waals surface area contributed by atoms with Gasteiger partial charge in [0.2, 0.25) is 0 Å². The van der Waals surface area contributed by atoms with Crippen molar-refractivity contribution in [2.75, 3.05) is 0 Å². The summed E-state index contributed by atoms with van der Waals surface area (Å²) in [5.41, 5.74) is 0.500. The van der Waals surface area contributed by atoms with Gasteiger partial charge in [-0.2, -0.15) is 10.8 Å². The Morgan fingerprint density at radius 1 is 0.643 bits per heavy atom. The predicted octanol–water partition coefficient (Wildman–Crippen LogP) is 2.91. The van der Waals surface area contributed by atoms with Gasteiger partial charge in [-0.25, -0.2) is 0 Å². The third-order valence-corrected chi connectivity index (χ3v) is 0. The summed E-state index contributed by atoms with van der Waals surface area (Å²) in [5, 5.41) is 0. The number of hydrogen-bond acceptors (Lipinski definition) is 0. The van der Waals surface area contributed by atoms with Gasteiger partial charge in [-0.1, -0.05) is 57.4 Å². The van der Waals surface area contributed by atoms with E-state index in [1.54, 1.807) is 0 Å². The van der Waals surface area contributed by atoms with Gasteiger partial charge < -0.3 is 13.8 Å². The van der Waals surface area contributed by atoms with Crippen LogP contribution in [-0.2, 0) is 65.4 Å². The molecule has 2 radical (unpaired) electrons. The molecule has 0 aliphatic rings. The molecule has 0 nitrogen and oxygen atoms in total. The van der Waals surface area contributed by atoms with Gasteiger partial charge in [0.25, 0.3) is 0 Å².